The first kappa shape index (κ1) is 19.4. The molecule has 4 aliphatic rings. The number of fused-ring (bicyclic) bond motifs is 8. The van der Waals surface area contributed by atoms with E-state index in [2.05, 4.69) is 0 Å². The molecule has 0 aromatic rings. The van der Waals surface area contributed by atoms with Gasteiger partial charge < -0.3 is 14.6 Å². The lowest BCUT2D eigenvalue weighted by molar-refractivity contribution is -0.495. The Hall–Kier alpha value is -0.960. The van der Waals surface area contributed by atoms with Gasteiger partial charge in [0.1, 0.15) is 0 Å². The van der Waals surface area contributed by atoms with Crippen LogP contribution in [0.1, 0.15) is 46.0 Å². The average molecular weight is 398 g/mol. The first-order chi connectivity index (χ1) is 12.3. The van der Waals surface area contributed by atoms with E-state index >= 15 is 8.78 Å². The maximum Gasteiger partial charge on any atom is 0.449 e. The molecule has 4 fully saturated rings. The number of alkyl halides is 5. The van der Waals surface area contributed by atoms with Crippen LogP contribution in [0.15, 0.2) is 0 Å². The van der Waals surface area contributed by atoms with E-state index in [1.807, 2.05) is 0 Å². The zero-order valence-corrected chi connectivity index (χ0v) is 15.1. The second-order valence-corrected chi connectivity index (χ2v) is 8.70. The van der Waals surface area contributed by atoms with Crippen LogP contribution < -0.4 is 0 Å². The molecule has 2 bridgehead atoms. The monoisotopic (exact) mass is 398 g/mol. The number of carbonyl (C=O) groups excluding carboxylic acids is 1. The molecule has 8 atom stereocenters. The zero-order chi connectivity index (χ0) is 20.0. The van der Waals surface area contributed by atoms with Gasteiger partial charge in [-0.15, -0.1) is 0 Å². The summed E-state index contributed by atoms with van der Waals surface area (Å²) in [6.45, 7) is 1.71. The van der Waals surface area contributed by atoms with Crippen LogP contribution >= 0.6 is 0 Å². The first-order valence-corrected chi connectivity index (χ1v) is 9.39. The van der Waals surface area contributed by atoms with Gasteiger partial charge in [0.25, 0.3) is 0 Å². The van der Waals surface area contributed by atoms with Crippen molar-refractivity contribution in [1.29, 1.82) is 0 Å². The highest BCUT2D eigenvalue weighted by atomic mass is 19.4. The highest BCUT2D eigenvalue weighted by Gasteiger charge is 2.86. The molecule has 4 nitrogen and oxygen atoms in total. The van der Waals surface area contributed by atoms with E-state index in [0.29, 0.717) is 6.42 Å². The molecule has 1 saturated heterocycles. The summed E-state index contributed by atoms with van der Waals surface area (Å²) in [5.41, 5.74) is -2.80. The fourth-order valence-electron chi connectivity index (χ4n) is 6.59. The summed E-state index contributed by atoms with van der Waals surface area (Å²) in [5.74, 6) is -12.1. The molecule has 27 heavy (non-hydrogen) atoms. The minimum Gasteiger partial charge on any atom is -0.452 e. The van der Waals surface area contributed by atoms with Gasteiger partial charge in [0.05, 0.1) is 6.10 Å². The number of carbonyl (C=O) groups is 1. The van der Waals surface area contributed by atoms with E-state index < -0.39 is 41.5 Å². The smallest absolute Gasteiger partial charge is 0.449 e. The van der Waals surface area contributed by atoms with Crippen LogP contribution in [-0.4, -0.2) is 40.7 Å². The van der Waals surface area contributed by atoms with E-state index in [1.54, 1.807) is 0 Å². The highest BCUT2D eigenvalue weighted by Crippen LogP contribution is 2.69. The number of halogens is 5. The Balaban J connectivity index is 1.83. The second kappa shape index (κ2) is 5.55. The molecule has 0 aromatic heterocycles. The van der Waals surface area contributed by atoms with E-state index in [1.165, 1.54) is 0 Å². The minimum absolute atomic E-state index is 0.107. The Morgan fingerprint density at radius 3 is 2.19 bits per heavy atom. The number of ether oxygens (including phenoxy) is 2. The number of hydrogen-bond acceptors (Lipinski definition) is 4. The molecule has 3 saturated carbocycles. The molecule has 0 amide bonds. The molecule has 0 radical (unpaired) electrons. The molecule has 4 rings (SSSR count). The predicted octanol–water partition coefficient (Wildman–Crippen LogP) is 3.67. The number of rotatable bonds is 1. The molecule has 154 valence electrons. The summed E-state index contributed by atoms with van der Waals surface area (Å²) in [4.78, 5) is 11.6. The Bertz CT molecular complexity index is 652. The second-order valence-electron chi connectivity index (χ2n) is 8.70. The Morgan fingerprint density at radius 1 is 1.11 bits per heavy atom. The molecule has 8 unspecified atom stereocenters. The predicted molar refractivity (Wildman–Crippen MR) is 81.5 cm³/mol. The van der Waals surface area contributed by atoms with Crippen LogP contribution in [-0.2, 0) is 14.3 Å². The lowest BCUT2D eigenvalue weighted by atomic mass is 9.59. The fourth-order valence-corrected chi connectivity index (χ4v) is 6.59. The zero-order valence-electron chi connectivity index (χ0n) is 15.1. The topological polar surface area (TPSA) is 55.8 Å². The van der Waals surface area contributed by atoms with Gasteiger partial charge in [0, 0.05) is 12.8 Å². The van der Waals surface area contributed by atoms with Crippen LogP contribution in [0.25, 0.3) is 0 Å². The van der Waals surface area contributed by atoms with E-state index in [4.69, 9.17) is 9.47 Å². The largest absolute Gasteiger partial charge is 0.452 e. The maximum absolute atomic E-state index is 15.2. The third-order valence-corrected chi connectivity index (χ3v) is 7.49. The summed E-state index contributed by atoms with van der Waals surface area (Å²) < 4.78 is 80.7. The van der Waals surface area contributed by atoms with Gasteiger partial charge in [-0.05, 0) is 49.9 Å². The molecule has 9 heteroatoms. The van der Waals surface area contributed by atoms with Gasteiger partial charge in [0.2, 0.25) is 0 Å². The highest BCUT2D eigenvalue weighted by molar-refractivity contribution is 5.67. The summed E-state index contributed by atoms with van der Waals surface area (Å²) >= 11 is 0. The van der Waals surface area contributed by atoms with Gasteiger partial charge in [-0.2, -0.15) is 22.0 Å². The fraction of sp³-hybridized carbons (Fsp3) is 0.944. The summed E-state index contributed by atoms with van der Waals surface area (Å²) in [5, 5.41) is 10.1. The van der Waals surface area contributed by atoms with Crippen molar-refractivity contribution < 1.29 is 41.3 Å². The third kappa shape index (κ3) is 2.24. The van der Waals surface area contributed by atoms with Gasteiger partial charge in [0.15, 0.2) is 5.60 Å². The normalized spacial score (nSPS) is 50.8. The maximum atomic E-state index is 15.2. The van der Waals surface area contributed by atoms with Crippen LogP contribution in [0, 0.1) is 29.6 Å². The molecular formula is C18H23F5O4. The van der Waals surface area contributed by atoms with E-state index in [0.717, 1.165) is 39.5 Å². The van der Waals surface area contributed by atoms with Crippen LogP contribution in [0.3, 0.4) is 0 Å². The van der Waals surface area contributed by atoms with Crippen LogP contribution in [0.4, 0.5) is 22.0 Å². The Labute approximate surface area is 153 Å². The van der Waals surface area contributed by atoms with Gasteiger partial charge in [-0.1, -0.05) is 12.8 Å². The Kier molecular flexibility index (Phi) is 3.98. The molecule has 1 N–H and O–H groups in total. The van der Waals surface area contributed by atoms with Gasteiger partial charge in [-0.3, -0.25) is 4.79 Å². The lowest BCUT2D eigenvalue weighted by Gasteiger charge is -2.58. The SMILES string of the molecule is CC(=O)OC1(C)C2C3CC(C4CCCCC43)C2OC(O)(C(F)(F)F)C1(F)F. The first-order valence-electron chi connectivity index (χ1n) is 9.39. The molecule has 1 aliphatic heterocycles. The number of esters is 1. The van der Waals surface area contributed by atoms with Crippen molar-refractivity contribution in [1.82, 2.24) is 0 Å². The van der Waals surface area contributed by atoms with Crippen molar-refractivity contribution >= 4 is 5.97 Å². The Morgan fingerprint density at radius 2 is 1.67 bits per heavy atom. The third-order valence-electron chi connectivity index (χ3n) is 7.49. The summed E-state index contributed by atoms with van der Waals surface area (Å²) in [6.07, 6.45) is -2.94. The van der Waals surface area contributed by atoms with Crippen molar-refractivity contribution in [3.8, 4) is 0 Å². The van der Waals surface area contributed by atoms with Crippen LogP contribution in [0.2, 0.25) is 0 Å². The van der Waals surface area contributed by atoms with Crippen molar-refractivity contribution in [2.45, 2.75) is 75.5 Å². The molecule has 3 aliphatic carbocycles. The quantitative estimate of drug-likeness (QED) is 0.541. The minimum atomic E-state index is -5.74. The van der Waals surface area contributed by atoms with Crippen molar-refractivity contribution in [3.05, 3.63) is 0 Å². The average Bonchev–Trinajstić information content (AvgIpc) is 3.08. The lowest BCUT2D eigenvalue weighted by Crippen LogP contribution is -2.78. The molecule has 0 aromatic carbocycles. The van der Waals surface area contributed by atoms with Gasteiger partial charge in [-0.25, -0.2) is 0 Å². The number of hydrogen-bond donors (Lipinski definition) is 1. The summed E-state index contributed by atoms with van der Waals surface area (Å²) in [6, 6.07) is 0. The van der Waals surface area contributed by atoms with Crippen molar-refractivity contribution in [2.24, 2.45) is 29.6 Å². The number of aliphatic hydroxyl groups is 1. The van der Waals surface area contributed by atoms with E-state index in [9.17, 15) is 23.1 Å². The molecular weight excluding hydrogens is 375 g/mol. The standard InChI is InChI=1S/C18H23F5O4/c1-8(24)26-15(2)13-11-7-12(10-6-4-3-5-9(10)11)14(13)27-17(25,16(15,19)20)18(21,22)23/h9-14,25H,3-7H2,1-2H3. The van der Waals surface area contributed by atoms with Crippen molar-refractivity contribution in [2.75, 3.05) is 0 Å². The van der Waals surface area contributed by atoms with Gasteiger partial charge >= 0.3 is 23.9 Å². The van der Waals surface area contributed by atoms with E-state index in [-0.39, 0.29) is 23.7 Å². The van der Waals surface area contributed by atoms with Crippen molar-refractivity contribution in [3.63, 3.8) is 0 Å². The summed E-state index contributed by atoms with van der Waals surface area (Å²) in [7, 11) is 0. The van der Waals surface area contributed by atoms with Crippen LogP contribution in [0.5, 0.6) is 0 Å². The molecule has 1 heterocycles. The molecule has 0 spiro atoms.